The largest absolute Gasteiger partial charge is 0.385 e. The molecule has 0 atom stereocenters. The minimum atomic E-state index is -3.74. The molecule has 0 unspecified atom stereocenters. The van der Waals surface area contributed by atoms with E-state index in [2.05, 4.69) is 19.2 Å². The fourth-order valence-electron chi connectivity index (χ4n) is 3.01. The summed E-state index contributed by atoms with van der Waals surface area (Å²) in [6.45, 7) is 7.36. The Kier molecular flexibility index (Phi) is 8.22. The Morgan fingerprint density at radius 3 is 2.41 bits per heavy atom. The molecule has 0 bridgehead atoms. The van der Waals surface area contributed by atoms with Crippen LogP contribution in [0.15, 0.2) is 29.2 Å². The summed E-state index contributed by atoms with van der Waals surface area (Å²) in [6.07, 6.45) is 0.536. The van der Waals surface area contributed by atoms with Crippen LogP contribution in [-0.2, 0) is 19.6 Å². The predicted molar refractivity (Wildman–Crippen MR) is 105 cm³/mol. The number of carbonyl (C=O) groups excluding carboxylic acids is 1. The molecule has 8 heteroatoms. The molecule has 1 N–H and O–H groups in total. The fourth-order valence-corrected chi connectivity index (χ4v) is 4.44. The maximum atomic E-state index is 13.1. The van der Waals surface area contributed by atoms with Gasteiger partial charge in [0.25, 0.3) is 0 Å². The molecule has 1 aromatic rings. The summed E-state index contributed by atoms with van der Waals surface area (Å²) >= 11 is 0. The van der Waals surface area contributed by atoms with Crippen molar-refractivity contribution in [1.29, 1.82) is 0 Å². The molecule has 2 rings (SSSR count). The number of rotatable bonds is 9. The van der Waals surface area contributed by atoms with E-state index < -0.39 is 10.0 Å². The number of ether oxygens (including phenoxy) is 1. The van der Waals surface area contributed by atoms with Crippen LogP contribution in [0, 0.1) is 0 Å². The molecule has 7 nitrogen and oxygen atoms in total. The Bertz CT molecular complexity index is 698. The lowest BCUT2D eigenvalue weighted by molar-refractivity contribution is -0.132. The number of carbonyl (C=O) groups is 1. The van der Waals surface area contributed by atoms with Crippen LogP contribution in [0.3, 0.4) is 0 Å². The zero-order valence-electron chi connectivity index (χ0n) is 16.5. The van der Waals surface area contributed by atoms with Crippen molar-refractivity contribution < 1.29 is 17.9 Å². The molecular weight excluding hydrogens is 366 g/mol. The van der Waals surface area contributed by atoms with Crippen molar-refractivity contribution in [3.8, 4) is 0 Å². The van der Waals surface area contributed by atoms with E-state index >= 15 is 0 Å². The number of amides is 1. The van der Waals surface area contributed by atoms with Crippen LogP contribution in [-0.4, -0.2) is 76.5 Å². The van der Waals surface area contributed by atoms with Crippen molar-refractivity contribution >= 4 is 15.9 Å². The zero-order chi connectivity index (χ0) is 19.9. The highest BCUT2D eigenvalue weighted by molar-refractivity contribution is 7.89. The van der Waals surface area contributed by atoms with E-state index in [0.29, 0.717) is 32.0 Å². The molecule has 1 saturated heterocycles. The number of nitrogens with one attached hydrogen (secondary N) is 1. The topological polar surface area (TPSA) is 79.0 Å². The summed E-state index contributed by atoms with van der Waals surface area (Å²) in [7, 11) is -2.16. The number of nitrogens with zero attached hydrogens (tertiary/aromatic N) is 2. The van der Waals surface area contributed by atoms with E-state index in [0.717, 1.165) is 18.7 Å². The lowest BCUT2D eigenvalue weighted by Crippen LogP contribution is -2.50. The summed E-state index contributed by atoms with van der Waals surface area (Å²) in [6, 6.07) is 6.93. The van der Waals surface area contributed by atoms with Gasteiger partial charge in [-0.1, -0.05) is 26.0 Å². The second kappa shape index (κ2) is 10.2. The van der Waals surface area contributed by atoms with Gasteiger partial charge in [-0.25, -0.2) is 8.42 Å². The Balaban J connectivity index is 2.18. The van der Waals surface area contributed by atoms with Crippen molar-refractivity contribution in [3.63, 3.8) is 0 Å². The van der Waals surface area contributed by atoms with E-state index in [1.54, 1.807) is 24.1 Å². The Morgan fingerprint density at radius 2 is 1.85 bits per heavy atom. The van der Waals surface area contributed by atoms with Gasteiger partial charge in [0.2, 0.25) is 15.9 Å². The number of benzene rings is 1. The van der Waals surface area contributed by atoms with Crippen LogP contribution in [0.5, 0.6) is 0 Å². The number of methoxy groups -OCH3 is 1. The van der Waals surface area contributed by atoms with Gasteiger partial charge in [0, 0.05) is 46.4 Å². The van der Waals surface area contributed by atoms with Crippen molar-refractivity contribution in [2.24, 2.45) is 0 Å². The lowest BCUT2D eigenvalue weighted by atomic mass is 10.0. The summed E-state index contributed by atoms with van der Waals surface area (Å²) < 4.78 is 32.6. The number of hydrogen-bond donors (Lipinski definition) is 1. The molecule has 1 aliphatic rings. The van der Waals surface area contributed by atoms with Crippen molar-refractivity contribution in [1.82, 2.24) is 14.5 Å². The molecule has 0 aromatic heterocycles. The summed E-state index contributed by atoms with van der Waals surface area (Å²) in [5.41, 5.74) is 1.08. The number of hydrogen-bond acceptors (Lipinski definition) is 5. The van der Waals surface area contributed by atoms with E-state index in [1.165, 1.54) is 4.31 Å². The molecule has 0 radical (unpaired) electrons. The van der Waals surface area contributed by atoms with Crippen LogP contribution in [0.1, 0.15) is 31.7 Å². The normalized spacial score (nSPS) is 15.5. The zero-order valence-corrected chi connectivity index (χ0v) is 17.3. The van der Waals surface area contributed by atoms with Gasteiger partial charge in [-0.2, -0.15) is 4.31 Å². The monoisotopic (exact) mass is 397 g/mol. The minimum Gasteiger partial charge on any atom is -0.385 e. The molecule has 0 aliphatic carbocycles. The average Bonchev–Trinajstić information content (AvgIpc) is 2.68. The van der Waals surface area contributed by atoms with Crippen LogP contribution in [0.25, 0.3) is 0 Å². The third-order valence-electron chi connectivity index (χ3n) is 4.72. The third-order valence-corrected chi connectivity index (χ3v) is 6.58. The summed E-state index contributed by atoms with van der Waals surface area (Å²) in [5.74, 6) is 0.171. The van der Waals surface area contributed by atoms with E-state index in [-0.39, 0.29) is 23.9 Å². The van der Waals surface area contributed by atoms with Crippen molar-refractivity contribution in [3.05, 3.63) is 29.8 Å². The van der Waals surface area contributed by atoms with E-state index in [4.69, 9.17) is 4.74 Å². The van der Waals surface area contributed by atoms with Gasteiger partial charge in [0.15, 0.2) is 0 Å². The quantitative estimate of drug-likeness (QED) is 0.635. The van der Waals surface area contributed by atoms with Crippen LogP contribution in [0.2, 0.25) is 0 Å². The lowest BCUT2D eigenvalue weighted by Gasteiger charge is -2.30. The molecule has 1 fully saturated rings. The first kappa shape index (κ1) is 21.8. The average molecular weight is 398 g/mol. The van der Waals surface area contributed by atoms with Gasteiger partial charge >= 0.3 is 0 Å². The Morgan fingerprint density at radius 1 is 1.22 bits per heavy atom. The van der Waals surface area contributed by atoms with Gasteiger partial charge in [-0.15, -0.1) is 0 Å². The molecule has 0 saturated carbocycles. The molecular formula is C19H31N3O4S. The summed E-state index contributed by atoms with van der Waals surface area (Å²) in [4.78, 5) is 14.6. The standard InChI is InChI=1S/C19H31N3O4S/c1-16(2)17-5-7-18(8-6-17)27(24,25)22(11-4-14-26-3)15-19(23)21-12-9-20-10-13-21/h5-8,16,20H,4,9-15H2,1-3H3. The summed E-state index contributed by atoms with van der Waals surface area (Å²) in [5, 5.41) is 3.19. The van der Waals surface area contributed by atoms with Crippen molar-refractivity contribution in [2.75, 3.05) is 53.0 Å². The Hall–Kier alpha value is -1.48. The maximum absolute atomic E-state index is 13.1. The van der Waals surface area contributed by atoms with Crippen molar-refractivity contribution in [2.45, 2.75) is 31.1 Å². The van der Waals surface area contributed by atoms with Gasteiger partial charge in [-0.05, 0) is 30.0 Å². The van der Waals surface area contributed by atoms with E-state index in [9.17, 15) is 13.2 Å². The van der Waals surface area contributed by atoms with Crippen LogP contribution < -0.4 is 5.32 Å². The first-order valence-corrected chi connectivity index (χ1v) is 10.9. The van der Waals surface area contributed by atoms with Gasteiger partial charge in [0.05, 0.1) is 11.4 Å². The third kappa shape index (κ3) is 6.00. The number of sulfonamides is 1. The molecule has 1 heterocycles. The highest BCUT2D eigenvalue weighted by atomic mass is 32.2. The second-order valence-electron chi connectivity index (χ2n) is 7.04. The smallest absolute Gasteiger partial charge is 0.243 e. The highest BCUT2D eigenvalue weighted by Crippen LogP contribution is 2.20. The fraction of sp³-hybridized carbons (Fsp3) is 0.632. The van der Waals surface area contributed by atoms with Crippen LogP contribution >= 0.6 is 0 Å². The first-order valence-electron chi connectivity index (χ1n) is 9.44. The molecule has 1 aromatic carbocycles. The van der Waals surface area contributed by atoms with Crippen LogP contribution in [0.4, 0.5) is 0 Å². The first-order chi connectivity index (χ1) is 12.9. The molecule has 27 heavy (non-hydrogen) atoms. The maximum Gasteiger partial charge on any atom is 0.243 e. The van der Waals surface area contributed by atoms with Gasteiger partial charge in [-0.3, -0.25) is 4.79 Å². The molecule has 1 amide bonds. The molecule has 152 valence electrons. The predicted octanol–water partition coefficient (Wildman–Crippen LogP) is 1.27. The Labute approximate surface area is 162 Å². The highest BCUT2D eigenvalue weighted by Gasteiger charge is 2.28. The molecule has 1 aliphatic heterocycles. The minimum absolute atomic E-state index is 0.141. The van der Waals surface area contributed by atoms with Gasteiger partial charge in [0.1, 0.15) is 0 Å². The van der Waals surface area contributed by atoms with E-state index in [1.807, 2.05) is 12.1 Å². The van der Waals surface area contributed by atoms with Gasteiger partial charge < -0.3 is 15.0 Å². The SMILES string of the molecule is COCCCN(CC(=O)N1CCNCC1)S(=O)(=O)c1ccc(C(C)C)cc1. The second-order valence-corrected chi connectivity index (χ2v) is 8.98. The number of piperazine rings is 1. The molecule has 0 spiro atoms.